The fourth-order valence-corrected chi connectivity index (χ4v) is 4.25. The third-order valence-electron chi connectivity index (χ3n) is 5.61. The highest BCUT2D eigenvalue weighted by atomic mass is 16.2. The van der Waals surface area contributed by atoms with Crippen LogP contribution in [0.2, 0.25) is 0 Å². The Morgan fingerprint density at radius 2 is 2.00 bits per heavy atom. The van der Waals surface area contributed by atoms with Crippen molar-refractivity contribution in [2.45, 2.75) is 58.0 Å². The lowest BCUT2D eigenvalue weighted by atomic mass is 9.95. The molecule has 27 heavy (non-hydrogen) atoms. The maximum absolute atomic E-state index is 13.0. The van der Waals surface area contributed by atoms with Crippen molar-refractivity contribution in [1.29, 1.82) is 0 Å². The van der Waals surface area contributed by atoms with Crippen LogP contribution in [0.1, 0.15) is 60.1 Å². The molecule has 4 rings (SSSR count). The van der Waals surface area contributed by atoms with Crippen molar-refractivity contribution in [3.8, 4) is 0 Å². The van der Waals surface area contributed by atoms with Crippen LogP contribution in [0.25, 0.3) is 0 Å². The molecule has 1 N–H and O–H groups in total. The van der Waals surface area contributed by atoms with Gasteiger partial charge in [-0.3, -0.25) is 14.7 Å². The summed E-state index contributed by atoms with van der Waals surface area (Å²) < 4.78 is 0. The van der Waals surface area contributed by atoms with Crippen molar-refractivity contribution in [2.75, 3.05) is 13.1 Å². The Balaban J connectivity index is 1.49. The lowest BCUT2D eigenvalue weighted by molar-refractivity contribution is -0.126. The molecule has 0 aromatic carbocycles. The van der Waals surface area contributed by atoms with E-state index < -0.39 is 0 Å². The van der Waals surface area contributed by atoms with Crippen LogP contribution in [0.15, 0.2) is 24.5 Å². The van der Waals surface area contributed by atoms with E-state index in [1.807, 2.05) is 12.1 Å². The first-order chi connectivity index (χ1) is 13.2. The normalized spacial score (nSPS) is 18.1. The second-order valence-electron chi connectivity index (χ2n) is 7.51. The number of aromatic nitrogens is 3. The molecule has 2 aromatic rings. The molecule has 2 aromatic heterocycles. The molecule has 6 nitrogen and oxygen atoms in total. The van der Waals surface area contributed by atoms with Crippen molar-refractivity contribution >= 4 is 5.91 Å². The summed E-state index contributed by atoms with van der Waals surface area (Å²) in [4.78, 5) is 28.8. The average molecular weight is 365 g/mol. The molecule has 1 atom stereocenters. The van der Waals surface area contributed by atoms with Gasteiger partial charge in [-0.1, -0.05) is 6.07 Å². The fourth-order valence-electron chi connectivity index (χ4n) is 4.25. The largest absolute Gasteiger partial charge is 0.347 e. The van der Waals surface area contributed by atoms with E-state index >= 15 is 0 Å². The van der Waals surface area contributed by atoms with Crippen LogP contribution in [0.4, 0.5) is 0 Å². The Morgan fingerprint density at radius 3 is 2.78 bits per heavy atom. The first kappa shape index (κ1) is 18.0. The van der Waals surface area contributed by atoms with Crippen molar-refractivity contribution in [3.63, 3.8) is 0 Å². The number of nitrogens with zero attached hydrogens (tertiary/aromatic N) is 4. The summed E-state index contributed by atoms with van der Waals surface area (Å²) in [5, 5.41) is 3.08. The third kappa shape index (κ3) is 4.00. The van der Waals surface area contributed by atoms with Gasteiger partial charge in [0.05, 0.1) is 6.54 Å². The minimum Gasteiger partial charge on any atom is -0.347 e. The van der Waals surface area contributed by atoms with Crippen LogP contribution in [-0.4, -0.2) is 38.8 Å². The Labute approximate surface area is 160 Å². The van der Waals surface area contributed by atoms with Crippen LogP contribution in [0.3, 0.4) is 0 Å². The third-order valence-corrected chi connectivity index (χ3v) is 5.61. The Bertz CT molecular complexity index is 802. The predicted molar refractivity (Wildman–Crippen MR) is 103 cm³/mol. The van der Waals surface area contributed by atoms with E-state index in [2.05, 4.69) is 27.1 Å². The molecule has 3 heterocycles. The van der Waals surface area contributed by atoms with Crippen molar-refractivity contribution in [2.24, 2.45) is 0 Å². The maximum Gasteiger partial charge on any atom is 0.242 e. The number of rotatable bonds is 5. The number of carbonyl (C=O) groups excluding carboxylic acids is 1. The summed E-state index contributed by atoms with van der Waals surface area (Å²) in [5.74, 6) is 0.719. The predicted octanol–water partition coefficient (Wildman–Crippen LogP) is 2.51. The van der Waals surface area contributed by atoms with Crippen LogP contribution in [0, 0.1) is 6.92 Å². The van der Waals surface area contributed by atoms with Gasteiger partial charge in [-0.25, -0.2) is 9.97 Å². The molecule has 6 heteroatoms. The van der Waals surface area contributed by atoms with E-state index in [1.165, 1.54) is 24.1 Å². The number of carbonyl (C=O) groups is 1. The smallest absolute Gasteiger partial charge is 0.242 e. The zero-order chi connectivity index (χ0) is 18.6. The van der Waals surface area contributed by atoms with Gasteiger partial charge >= 0.3 is 0 Å². The van der Waals surface area contributed by atoms with Crippen molar-refractivity contribution in [3.05, 3.63) is 52.9 Å². The van der Waals surface area contributed by atoms with Crippen molar-refractivity contribution in [1.82, 2.24) is 25.2 Å². The number of pyridine rings is 1. The number of nitrogens with one attached hydrogen (secondary N) is 1. The Morgan fingerprint density at radius 1 is 1.19 bits per heavy atom. The SMILES string of the molecule is Cc1nc(CNC(=O)C(c2cccnc2)N2CCCC2)nc2c1CCCC2. The molecule has 0 bridgehead atoms. The fraction of sp³-hybridized carbons (Fsp3) is 0.524. The van der Waals surface area contributed by atoms with Crippen molar-refractivity contribution < 1.29 is 4.79 Å². The molecular formula is C21H27N5O. The summed E-state index contributed by atoms with van der Waals surface area (Å²) in [6, 6.07) is 3.58. The topological polar surface area (TPSA) is 71.0 Å². The summed E-state index contributed by atoms with van der Waals surface area (Å²) in [7, 11) is 0. The quantitative estimate of drug-likeness (QED) is 0.882. The molecule has 1 aliphatic carbocycles. The molecule has 0 saturated carbocycles. The highest BCUT2D eigenvalue weighted by Gasteiger charge is 2.30. The molecule has 2 aliphatic rings. The number of fused-ring (bicyclic) bond motifs is 1. The summed E-state index contributed by atoms with van der Waals surface area (Å²) in [6.45, 7) is 4.32. The Kier molecular flexibility index (Phi) is 5.43. The number of likely N-dealkylation sites (tertiary alicyclic amines) is 1. The molecule has 142 valence electrons. The van der Waals surface area contributed by atoms with E-state index in [0.717, 1.165) is 50.0 Å². The maximum atomic E-state index is 13.0. The van der Waals surface area contributed by atoms with Gasteiger partial charge in [-0.05, 0) is 75.7 Å². The minimum absolute atomic E-state index is 0.00359. The van der Waals surface area contributed by atoms with Gasteiger partial charge in [0.2, 0.25) is 5.91 Å². The van der Waals surface area contributed by atoms with Gasteiger partial charge in [0, 0.05) is 23.8 Å². The second kappa shape index (κ2) is 8.13. The van der Waals surface area contributed by atoms with E-state index in [9.17, 15) is 4.79 Å². The summed E-state index contributed by atoms with van der Waals surface area (Å²) in [5.41, 5.74) is 4.48. The van der Waals surface area contributed by atoms with Crippen LogP contribution < -0.4 is 5.32 Å². The van der Waals surface area contributed by atoms with Gasteiger partial charge in [0.1, 0.15) is 11.9 Å². The van der Waals surface area contributed by atoms with Gasteiger partial charge in [0.15, 0.2) is 0 Å². The summed E-state index contributed by atoms with van der Waals surface area (Å²) in [6.07, 6.45) is 10.3. The van der Waals surface area contributed by atoms with E-state index in [4.69, 9.17) is 4.98 Å². The van der Waals surface area contributed by atoms with Gasteiger partial charge < -0.3 is 5.32 Å². The highest BCUT2D eigenvalue weighted by molar-refractivity contribution is 5.83. The number of hydrogen-bond acceptors (Lipinski definition) is 5. The lowest BCUT2D eigenvalue weighted by Crippen LogP contribution is -2.39. The Hall–Kier alpha value is -2.34. The van der Waals surface area contributed by atoms with E-state index in [1.54, 1.807) is 12.4 Å². The molecule has 1 aliphatic heterocycles. The zero-order valence-corrected chi connectivity index (χ0v) is 15.9. The molecule has 1 unspecified atom stereocenters. The number of hydrogen-bond donors (Lipinski definition) is 1. The number of aryl methyl sites for hydroxylation is 2. The molecule has 1 amide bonds. The lowest BCUT2D eigenvalue weighted by Gasteiger charge is -2.26. The first-order valence-corrected chi connectivity index (χ1v) is 9.99. The summed E-state index contributed by atoms with van der Waals surface area (Å²) >= 11 is 0. The van der Waals surface area contributed by atoms with Crippen LogP contribution in [0.5, 0.6) is 0 Å². The minimum atomic E-state index is -0.292. The zero-order valence-electron chi connectivity index (χ0n) is 15.9. The van der Waals surface area contributed by atoms with Crippen LogP contribution in [-0.2, 0) is 24.2 Å². The van der Waals surface area contributed by atoms with Gasteiger partial charge in [-0.15, -0.1) is 0 Å². The first-order valence-electron chi connectivity index (χ1n) is 9.99. The second-order valence-corrected chi connectivity index (χ2v) is 7.51. The monoisotopic (exact) mass is 365 g/mol. The molecular weight excluding hydrogens is 338 g/mol. The molecule has 1 fully saturated rings. The number of amides is 1. The van der Waals surface area contributed by atoms with Gasteiger partial charge in [0.25, 0.3) is 0 Å². The molecule has 0 radical (unpaired) electrons. The standard InChI is InChI=1S/C21H27N5O/c1-15-17-8-2-3-9-18(17)25-19(24-15)14-23-21(27)20(26-11-4-5-12-26)16-7-6-10-22-13-16/h6-7,10,13,20H,2-5,8-9,11-12,14H2,1H3,(H,23,27). The highest BCUT2D eigenvalue weighted by Crippen LogP contribution is 2.25. The van der Waals surface area contributed by atoms with E-state index in [0.29, 0.717) is 12.4 Å². The van der Waals surface area contributed by atoms with E-state index in [-0.39, 0.29) is 11.9 Å². The van der Waals surface area contributed by atoms with Gasteiger partial charge in [-0.2, -0.15) is 0 Å². The van der Waals surface area contributed by atoms with Crippen LogP contribution >= 0.6 is 0 Å². The molecule has 0 spiro atoms. The average Bonchev–Trinajstić information content (AvgIpc) is 3.22. The molecule has 1 saturated heterocycles.